The Labute approximate surface area is 120 Å². The molecule has 0 radical (unpaired) electrons. The van der Waals surface area contributed by atoms with E-state index in [1.54, 1.807) is 18.2 Å². The zero-order valence-electron chi connectivity index (χ0n) is 10.8. The first-order valence-electron chi connectivity index (χ1n) is 5.95. The summed E-state index contributed by atoms with van der Waals surface area (Å²) in [5, 5.41) is 0. The molecule has 2 aromatic rings. The second-order valence-electron chi connectivity index (χ2n) is 4.08. The van der Waals surface area contributed by atoms with Gasteiger partial charge < -0.3 is 9.47 Å². The third-order valence-corrected chi connectivity index (χ3v) is 3.12. The first-order chi connectivity index (χ1) is 9.67. The maximum absolute atomic E-state index is 13.6. The highest BCUT2D eigenvalue weighted by molar-refractivity contribution is 6.17. The van der Waals surface area contributed by atoms with E-state index in [0.717, 1.165) is 11.6 Å². The highest BCUT2D eigenvalue weighted by atomic mass is 35.5. The summed E-state index contributed by atoms with van der Waals surface area (Å²) in [6.45, 7) is -0.103. The third-order valence-electron chi connectivity index (χ3n) is 2.83. The van der Waals surface area contributed by atoms with Crippen LogP contribution in [0.3, 0.4) is 0 Å². The molecule has 0 unspecified atom stereocenters. The largest absolute Gasteiger partial charge is 0.493 e. The molecule has 0 aliphatic heterocycles. The van der Waals surface area contributed by atoms with Crippen LogP contribution in [-0.4, -0.2) is 7.11 Å². The smallest absolute Gasteiger partial charge is 0.166 e. The molecule has 0 aromatic heterocycles. The number of halogens is 3. The van der Waals surface area contributed by atoms with Gasteiger partial charge in [-0.15, -0.1) is 11.6 Å². The van der Waals surface area contributed by atoms with Crippen LogP contribution in [-0.2, 0) is 12.5 Å². The van der Waals surface area contributed by atoms with Crippen LogP contribution in [0.25, 0.3) is 0 Å². The lowest BCUT2D eigenvalue weighted by Crippen LogP contribution is -2.03. The van der Waals surface area contributed by atoms with E-state index in [-0.39, 0.29) is 18.1 Å². The van der Waals surface area contributed by atoms with Gasteiger partial charge in [0, 0.05) is 11.1 Å². The van der Waals surface area contributed by atoms with Gasteiger partial charge in [0.2, 0.25) is 0 Å². The Hall–Kier alpha value is -1.81. The minimum Gasteiger partial charge on any atom is -0.493 e. The zero-order valence-corrected chi connectivity index (χ0v) is 11.6. The van der Waals surface area contributed by atoms with E-state index >= 15 is 0 Å². The van der Waals surface area contributed by atoms with Crippen molar-refractivity contribution in [3.63, 3.8) is 0 Å². The summed E-state index contributed by atoms with van der Waals surface area (Å²) >= 11 is 5.83. The minimum absolute atomic E-state index is 0.103. The van der Waals surface area contributed by atoms with Crippen molar-refractivity contribution in [2.24, 2.45) is 0 Å². The number of hydrogen-bond donors (Lipinski definition) is 0. The molecule has 0 fully saturated rings. The van der Waals surface area contributed by atoms with Crippen molar-refractivity contribution in [2.45, 2.75) is 12.5 Å². The zero-order chi connectivity index (χ0) is 14.5. The lowest BCUT2D eigenvalue weighted by molar-refractivity contribution is 0.275. The normalized spacial score (nSPS) is 10.4. The molecule has 2 nitrogen and oxygen atoms in total. The maximum atomic E-state index is 13.6. The fraction of sp³-hybridized carbons (Fsp3) is 0.200. The predicted octanol–water partition coefficient (Wildman–Crippen LogP) is 4.29. The quantitative estimate of drug-likeness (QED) is 0.767. The van der Waals surface area contributed by atoms with Crippen LogP contribution < -0.4 is 9.47 Å². The van der Waals surface area contributed by atoms with Gasteiger partial charge in [-0.1, -0.05) is 24.3 Å². The van der Waals surface area contributed by atoms with E-state index in [0.29, 0.717) is 11.5 Å². The van der Waals surface area contributed by atoms with E-state index < -0.39 is 11.6 Å². The molecule has 0 saturated carbocycles. The van der Waals surface area contributed by atoms with E-state index in [1.165, 1.54) is 19.2 Å². The number of ether oxygens (including phenoxy) is 2. The predicted molar refractivity (Wildman–Crippen MR) is 73.2 cm³/mol. The third kappa shape index (κ3) is 3.02. The molecule has 0 heterocycles. The SMILES string of the molecule is COc1cccc(CCl)c1OCc1cccc(F)c1F. The molecular formula is C15H13ClF2O2. The second kappa shape index (κ2) is 6.57. The van der Waals surface area contributed by atoms with Gasteiger partial charge in [0.1, 0.15) is 6.61 Å². The van der Waals surface area contributed by atoms with Crippen LogP contribution in [0.4, 0.5) is 8.78 Å². The Morgan fingerprint density at radius 1 is 1.05 bits per heavy atom. The van der Waals surface area contributed by atoms with Crippen molar-refractivity contribution in [3.05, 3.63) is 59.2 Å². The number of methoxy groups -OCH3 is 1. The second-order valence-corrected chi connectivity index (χ2v) is 4.35. The van der Waals surface area contributed by atoms with Crippen molar-refractivity contribution in [2.75, 3.05) is 7.11 Å². The summed E-state index contributed by atoms with van der Waals surface area (Å²) in [6.07, 6.45) is 0. The average Bonchev–Trinajstić information content (AvgIpc) is 2.48. The molecule has 0 saturated heterocycles. The van der Waals surface area contributed by atoms with Crippen LogP contribution in [0, 0.1) is 11.6 Å². The van der Waals surface area contributed by atoms with Crippen molar-refractivity contribution >= 4 is 11.6 Å². The Kier molecular flexibility index (Phi) is 4.79. The molecule has 0 amide bonds. The van der Waals surface area contributed by atoms with E-state index in [4.69, 9.17) is 21.1 Å². The molecule has 20 heavy (non-hydrogen) atoms. The Morgan fingerprint density at radius 2 is 1.75 bits per heavy atom. The summed E-state index contributed by atoms with van der Waals surface area (Å²) in [7, 11) is 1.50. The van der Waals surface area contributed by atoms with Gasteiger partial charge in [-0.2, -0.15) is 0 Å². The first kappa shape index (κ1) is 14.6. The summed E-state index contributed by atoms with van der Waals surface area (Å²) in [5.41, 5.74) is 0.860. The molecule has 0 bridgehead atoms. The van der Waals surface area contributed by atoms with E-state index in [9.17, 15) is 8.78 Å². The molecular weight excluding hydrogens is 286 g/mol. The number of benzene rings is 2. The topological polar surface area (TPSA) is 18.5 Å². The summed E-state index contributed by atoms with van der Waals surface area (Å²) in [4.78, 5) is 0. The average molecular weight is 299 g/mol. The first-order valence-corrected chi connectivity index (χ1v) is 6.48. The Bertz CT molecular complexity index is 580. The molecule has 106 valence electrons. The number of rotatable bonds is 5. The van der Waals surface area contributed by atoms with Crippen LogP contribution in [0.15, 0.2) is 36.4 Å². The van der Waals surface area contributed by atoms with Crippen molar-refractivity contribution in [3.8, 4) is 11.5 Å². The van der Waals surface area contributed by atoms with Gasteiger partial charge in [-0.05, 0) is 12.1 Å². The number of para-hydroxylation sites is 1. The highest BCUT2D eigenvalue weighted by Crippen LogP contribution is 2.33. The van der Waals surface area contributed by atoms with Crippen LogP contribution >= 0.6 is 11.6 Å². The molecule has 0 atom stereocenters. The van der Waals surface area contributed by atoms with Crippen molar-refractivity contribution in [1.29, 1.82) is 0 Å². The minimum atomic E-state index is -0.908. The molecule has 2 aromatic carbocycles. The lowest BCUT2D eigenvalue weighted by Gasteiger charge is -2.14. The number of hydrogen-bond acceptors (Lipinski definition) is 2. The van der Waals surface area contributed by atoms with E-state index in [1.807, 2.05) is 0 Å². The van der Waals surface area contributed by atoms with Crippen molar-refractivity contribution < 1.29 is 18.3 Å². The van der Waals surface area contributed by atoms with E-state index in [2.05, 4.69) is 0 Å². The van der Waals surface area contributed by atoms with Crippen molar-refractivity contribution in [1.82, 2.24) is 0 Å². The van der Waals surface area contributed by atoms with Gasteiger partial charge in [-0.25, -0.2) is 8.78 Å². The number of alkyl halides is 1. The summed E-state index contributed by atoms with van der Waals surface area (Å²) < 4.78 is 37.4. The molecule has 0 N–H and O–H groups in total. The fourth-order valence-electron chi connectivity index (χ4n) is 1.80. The molecule has 0 spiro atoms. The standard InChI is InChI=1S/C15H13ClF2O2/c1-19-13-7-3-4-10(8-16)15(13)20-9-11-5-2-6-12(17)14(11)18/h2-7H,8-9H2,1H3. The molecule has 0 aliphatic carbocycles. The van der Waals surface area contributed by atoms with Gasteiger partial charge in [-0.3, -0.25) is 0 Å². The highest BCUT2D eigenvalue weighted by Gasteiger charge is 2.13. The van der Waals surface area contributed by atoms with Gasteiger partial charge in [0.15, 0.2) is 23.1 Å². The summed E-state index contributed by atoms with van der Waals surface area (Å²) in [6, 6.07) is 9.24. The monoisotopic (exact) mass is 298 g/mol. The van der Waals surface area contributed by atoms with Crippen LogP contribution in [0.2, 0.25) is 0 Å². The lowest BCUT2D eigenvalue weighted by atomic mass is 10.2. The van der Waals surface area contributed by atoms with Gasteiger partial charge >= 0.3 is 0 Å². The fourth-order valence-corrected chi connectivity index (χ4v) is 2.01. The van der Waals surface area contributed by atoms with Crippen LogP contribution in [0.5, 0.6) is 11.5 Å². The Balaban J connectivity index is 2.24. The summed E-state index contributed by atoms with van der Waals surface area (Å²) in [5.74, 6) is -0.634. The molecule has 0 aliphatic rings. The maximum Gasteiger partial charge on any atom is 0.166 e. The van der Waals surface area contributed by atoms with Gasteiger partial charge in [0.05, 0.1) is 13.0 Å². The molecule has 2 rings (SSSR count). The molecule has 5 heteroatoms. The van der Waals surface area contributed by atoms with Crippen LogP contribution in [0.1, 0.15) is 11.1 Å². The Morgan fingerprint density at radius 3 is 2.45 bits per heavy atom. The van der Waals surface area contributed by atoms with Gasteiger partial charge in [0.25, 0.3) is 0 Å².